The molecule has 1 aromatic rings. The Kier molecular flexibility index (Phi) is 6.57. The number of aliphatic imine (C=N–C) groups is 1. The number of likely N-dealkylation sites (N-methyl/N-ethyl adjacent to an activating group) is 2. The largest absolute Gasteiger partial charge is 0.354 e. The molecule has 0 saturated heterocycles. The Labute approximate surface area is 132 Å². The van der Waals surface area contributed by atoms with Gasteiger partial charge in [0.2, 0.25) is 0 Å². The van der Waals surface area contributed by atoms with Crippen molar-refractivity contribution in [1.29, 1.82) is 0 Å². The summed E-state index contributed by atoms with van der Waals surface area (Å²) in [5.74, 6) is 1.01. The second-order valence-corrected chi connectivity index (χ2v) is 4.90. The molecular formula is C14H23IN4. The fraction of sp³-hybridized carbons (Fsp3) is 0.500. The number of hydrogen-bond donors (Lipinski definition) is 1. The number of hydrogen-bond acceptors (Lipinski definition) is 4. The lowest BCUT2D eigenvalue weighted by molar-refractivity contribution is 0.296. The quantitative estimate of drug-likeness (QED) is 0.816. The van der Waals surface area contributed by atoms with Gasteiger partial charge < -0.3 is 15.1 Å². The van der Waals surface area contributed by atoms with Gasteiger partial charge in [0.25, 0.3) is 0 Å². The van der Waals surface area contributed by atoms with Crippen molar-refractivity contribution in [1.82, 2.24) is 15.1 Å². The molecule has 1 aromatic carbocycles. The molecule has 4 nitrogen and oxygen atoms in total. The second-order valence-electron chi connectivity index (χ2n) is 4.90. The summed E-state index contributed by atoms with van der Waals surface area (Å²) in [5.41, 5.74) is 1.33. The summed E-state index contributed by atoms with van der Waals surface area (Å²) in [7, 11) is 6.30. The van der Waals surface area contributed by atoms with Crippen LogP contribution < -0.4 is 5.32 Å². The molecule has 106 valence electrons. The maximum atomic E-state index is 4.45. The van der Waals surface area contributed by atoms with Gasteiger partial charge in [-0.3, -0.25) is 4.99 Å². The lowest BCUT2D eigenvalue weighted by Gasteiger charge is -2.26. The summed E-state index contributed by atoms with van der Waals surface area (Å²) in [6.07, 6.45) is 0. The van der Waals surface area contributed by atoms with Crippen LogP contribution in [0.15, 0.2) is 35.3 Å². The number of halogens is 1. The summed E-state index contributed by atoms with van der Waals surface area (Å²) >= 11 is 0. The van der Waals surface area contributed by atoms with E-state index < -0.39 is 0 Å². The van der Waals surface area contributed by atoms with Gasteiger partial charge in [-0.2, -0.15) is 0 Å². The monoisotopic (exact) mass is 374 g/mol. The standard InChI is InChI=1S/C14H22N4.HI/c1-17(2)13(12-7-5-4-6-8-12)11-16-14-15-9-10-18(14)3;/h4-8,13H,9-11H2,1-3H3,(H,15,16);1H. The summed E-state index contributed by atoms with van der Waals surface area (Å²) in [4.78, 5) is 8.85. The van der Waals surface area contributed by atoms with E-state index in [1.54, 1.807) is 0 Å². The molecular weight excluding hydrogens is 351 g/mol. The van der Waals surface area contributed by atoms with Gasteiger partial charge >= 0.3 is 0 Å². The zero-order valence-corrected chi connectivity index (χ0v) is 14.2. The number of nitrogens with one attached hydrogen (secondary N) is 1. The van der Waals surface area contributed by atoms with Gasteiger partial charge in [0.1, 0.15) is 0 Å². The smallest absolute Gasteiger partial charge is 0.193 e. The SMILES string of the molecule is CN1CCN=C1NCC(c1ccccc1)N(C)C.I. The highest BCUT2D eigenvalue weighted by Crippen LogP contribution is 2.16. The van der Waals surface area contributed by atoms with Crippen molar-refractivity contribution in [2.75, 3.05) is 40.8 Å². The zero-order valence-electron chi connectivity index (χ0n) is 11.8. The molecule has 1 aliphatic heterocycles. The number of rotatable bonds is 4. The Morgan fingerprint density at radius 2 is 2.00 bits per heavy atom. The van der Waals surface area contributed by atoms with E-state index in [9.17, 15) is 0 Å². The number of nitrogens with zero attached hydrogens (tertiary/aromatic N) is 3. The van der Waals surface area contributed by atoms with Crippen LogP contribution in [-0.4, -0.2) is 56.5 Å². The Hall–Kier alpha value is -0.820. The van der Waals surface area contributed by atoms with E-state index in [1.807, 2.05) is 0 Å². The van der Waals surface area contributed by atoms with Gasteiger partial charge in [-0.15, -0.1) is 24.0 Å². The third-order valence-corrected chi connectivity index (χ3v) is 3.32. The molecule has 0 spiro atoms. The lowest BCUT2D eigenvalue weighted by Crippen LogP contribution is -2.40. The van der Waals surface area contributed by atoms with Crippen molar-refractivity contribution >= 4 is 29.9 Å². The van der Waals surface area contributed by atoms with E-state index in [1.165, 1.54) is 5.56 Å². The van der Waals surface area contributed by atoms with Gasteiger partial charge in [-0.25, -0.2) is 0 Å². The predicted molar refractivity (Wildman–Crippen MR) is 91.2 cm³/mol. The van der Waals surface area contributed by atoms with Crippen LogP contribution >= 0.6 is 24.0 Å². The third-order valence-electron chi connectivity index (χ3n) is 3.32. The van der Waals surface area contributed by atoms with E-state index in [0.717, 1.165) is 25.6 Å². The lowest BCUT2D eigenvalue weighted by atomic mass is 10.1. The highest BCUT2D eigenvalue weighted by atomic mass is 127. The Morgan fingerprint density at radius 3 is 2.53 bits per heavy atom. The van der Waals surface area contributed by atoms with E-state index in [4.69, 9.17) is 0 Å². The molecule has 0 saturated carbocycles. The maximum Gasteiger partial charge on any atom is 0.193 e. The molecule has 0 bridgehead atoms. The minimum absolute atomic E-state index is 0. The summed E-state index contributed by atoms with van der Waals surface area (Å²) in [6.45, 7) is 2.79. The van der Waals surface area contributed by atoms with Crippen molar-refractivity contribution in [3.63, 3.8) is 0 Å². The van der Waals surface area contributed by atoms with Gasteiger partial charge in [0.15, 0.2) is 5.96 Å². The van der Waals surface area contributed by atoms with Crippen molar-refractivity contribution in [2.24, 2.45) is 4.99 Å². The Morgan fingerprint density at radius 1 is 1.32 bits per heavy atom. The topological polar surface area (TPSA) is 30.9 Å². The molecule has 1 heterocycles. The molecule has 0 radical (unpaired) electrons. The summed E-state index contributed by atoms with van der Waals surface area (Å²) in [6, 6.07) is 10.9. The number of benzene rings is 1. The highest BCUT2D eigenvalue weighted by Gasteiger charge is 2.17. The third kappa shape index (κ3) is 4.35. The van der Waals surface area contributed by atoms with Crippen LogP contribution in [0.1, 0.15) is 11.6 Å². The fourth-order valence-corrected chi connectivity index (χ4v) is 2.19. The second kappa shape index (κ2) is 7.69. The average molecular weight is 374 g/mol. The van der Waals surface area contributed by atoms with Gasteiger partial charge in [-0.1, -0.05) is 30.3 Å². The van der Waals surface area contributed by atoms with Gasteiger partial charge in [0.05, 0.1) is 12.6 Å². The first-order valence-electron chi connectivity index (χ1n) is 6.39. The Bertz CT molecular complexity index is 405. The zero-order chi connectivity index (χ0) is 13.0. The van der Waals surface area contributed by atoms with Crippen molar-refractivity contribution in [3.8, 4) is 0 Å². The fourth-order valence-electron chi connectivity index (χ4n) is 2.19. The van der Waals surface area contributed by atoms with Crippen LogP contribution in [0.2, 0.25) is 0 Å². The van der Waals surface area contributed by atoms with E-state index in [-0.39, 0.29) is 24.0 Å². The molecule has 2 rings (SSSR count). The first kappa shape index (κ1) is 16.2. The maximum absolute atomic E-state index is 4.45. The van der Waals surface area contributed by atoms with Crippen LogP contribution in [0.4, 0.5) is 0 Å². The normalized spacial score (nSPS) is 16.0. The van der Waals surface area contributed by atoms with Crippen molar-refractivity contribution in [3.05, 3.63) is 35.9 Å². The Balaban J connectivity index is 0.00000180. The minimum Gasteiger partial charge on any atom is -0.354 e. The van der Waals surface area contributed by atoms with Gasteiger partial charge in [-0.05, 0) is 19.7 Å². The molecule has 1 unspecified atom stereocenters. The number of guanidine groups is 1. The first-order chi connectivity index (χ1) is 8.68. The molecule has 1 atom stereocenters. The molecule has 5 heteroatoms. The van der Waals surface area contributed by atoms with Crippen LogP contribution in [0, 0.1) is 0 Å². The average Bonchev–Trinajstić information content (AvgIpc) is 2.76. The molecule has 0 amide bonds. The van der Waals surface area contributed by atoms with E-state index in [0.29, 0.717) is 6.04 Å². The van der Waals surface area contributed by atoms with E-state index >= 15 is 0 Å². The first-order valence-corrected chi connectivity index (χ1v) is 6.39. The molecule has 0 aromatic heterocycles. The summed E-state index contributed by atoms with van der Waals surface area (Å²) < 4.78 is 0. The van der Waals surface area contributed by atoms with Crippen molar-refractivity contribution < 1.29 is 0 Å². The van der Waals surface area contributed by atoms with Crippen LogP contribution in [-0.2, 0) is 0 Å². The van der Waals surface area contributed by atoms with E-state index in [2.05, 4.69) is 71.6 Å². The molecule has 1 N–H and O–H groups in total. The van der Waals surface area contributed by atoms with Crippen LogP contribution in [0.3, 0.4) is 0 Å². The minimum atomic E-state index is 0. The summed E-state index contributed by atoms with van der Waals surface area (Å²) in [5, 5.41) is 3.45. The van der Waals surface area contributed by atoms with Crippen LogP contribution in [0.5, 0.6) is 0 Å². The molecule has 19 heavy (non-hydrogen) atoms. The molecule has 0 aliphatic carbocycles. The van der Waals surface area contributed by atoms with Gasteiger partial charge in [0, 0.05) is 20.1 Å². The highest BCUT2D eigenvalue weighted by molar-refractivity contribution is 14.0. The van der Waals surface area contributed by atoms with Crippen LogP contribution in [0.25, 0.3) is 0 Å². The van der Waals surface area contributed by atoms with Crippen molar-refractivity contribution in [2.45, 2.75) is 6.04 Å². The predicted octanol–water partition coefficient (Wildman–Crippen LogP) is 1.80. The molecule has 1 aliphatic rings. The molecule has 0 fully saturated rings.